The maximum absolute atomic E-state index is 9.91. The lowest BCUT2D eigenvalue weighted by Gasteiger charge is -2.14. The highest BCUT2D eigenvalue weighted by atomic mass is 15.0. The van der Waals surface area contributed by atoms with Gasteiger partial charge in [-0.1, -0.05) is 334 Å². The van der Waals surface area contributed by atoms with Gasteiger partial charge >= 0.3 is 0 Å². The molecule has 0 N–H and O–H groups in total. The molecule has 0 atom stereocenters. The minimum atomic E-state index is 0.674. The standard InChI is InChI=1S/3C45H27N3/c46-28-29-17-23-35-31(25-29)19-18-30-20-22-34(27-41(30)35)48-43-16-7-5-12-38(43)40-14-8-13-36(45(40)48)32-21-24-39-37-11-4-6-15-42(37)47(44(39)26-32)33-9-2-1-3-10-33;46-28-29-17-22-35-30(25-29)18-19-31-26-34(21-24-36(31)35)48-43-16-7-5-12-39(43)41-14-8-13-37(45(41)48)32-20-23-40-38-11-4-6-15-42(38)47(44(40)27-32)33-9-2-1-3-10-33;46-28-31-25-29-21-23-33(27-41(29)36-14-5-4-13-34(31)36)48-43-20-9-7-16-38(43)40-18-10-17-35(45(40)48)30-22-24-39-37-15-6-8-19-42(37)47(44(39)26-30)32-11-2-1-3-12-32/h3*1-27H. The molecule has 0 saturated carbocycles. The van der Waals surface area contributed by atoms with Crippen molar-refractivity contribution in [3.8, 4) is 85.7 Å². The third-order valence-electron chi connectivity index (χ3n) is 29.7. The van der Waals surface area contributed by atoms with Gasteiger partial charge in [0.15, 0.2) is 0 Å². The number of benzene rings is 24. The fourth-order valence-corrected chi connectivity index (χ4v) is 23.4. The van der Waals surface area contributed by atoms with E-state index in [-0.39, 0.29) is 0 Å². The smallest absolute Gasteiger partial charge is 0.0998 e. The summed E-state index contributed by atoms with van der Waals surface area (Å²) in [6, 6.07) is 183. The minimum Gasteiger partial charge on any atom is -0.309 e. The van der Waals surface area contributed by atoms with Gasteiger partial charge in [0, 0.05) is 121 Å². The first-order chi connectivity index (χ1) is 71.3. The molecule has 0 bridgehead atoms. The van der Waals surface area contributed by atoms with Crippen LogP contribution in [-0.2, 0) is 0 Å². The molecule has 0 saturated heterocycles. The van der Waals surface area contributed by atoms with Crippen molar-refractivity contribution in [2.75, 3.05) is 0 Å². The number of rotatable bonds is 9. The minimum absolute atomic E-state index is 0.674. The van der Waals surface area contributed by atoms with Gasteiger partial charge in [-0.05, 0) is 234 Å². The molecule has 144 heavy (non-hydrogen) atoms. The second-order valence-corrected chi connectivity index (χ2v) is 37.4. The second-order valence-electron chi connectivity index (χ2n) is 37.4. The van der Waals surface area contributed by atoms with Crippen LogP contribution in [0.25, 0.3) is 263 Å². The molecule has 0 aliphatic rings. The van der Waals surface area contributed by atoms with E-state index in [2.05, 4.69) is 495 Å². The molecule has 30 rings (SSSR count). The average molecular weight is 1830 g/mol. The van der Waals surface area contributed by atoms with Crippen LogP contribution in [0.1, 0.15) is 16.7 Å². The number of para-hydroxylation sites is 12. The lowest BCUT2D eigenvalue weighted by Crippen LogP contribution is -1.97. The summed E-state index contributed by atoms with van der Waals surface area (Å²) >= 11 is 0. The molecule has 0 amide bonds. The molecule has 0 aliphatic carbocycles. The van der Waals surface area contributed by atoms with Crippen molar-refractivity contribution in [3.63, 3.8) is 0 Å². The van der Waals surface area contributed by atoms with E-state index in [0.717, 1.165) is 82.7 Å². The molecule has 0 unspecified atom stereocenters. The van der Waals surface area contributed by atoms with Crippen LogP contribution in [0.5, 0.6) is 0 Å². The second kappa shape index (κ2) is 33.2. The normalized spacial score (nSPS) is 11.7. The summed E-state index contributed by atoms with van der Waals surface area (Å²) in [5.41, 5.74) is 30.2. The Hall–Kier alpha value is -19.9. The largest absolute Gasteiger partial charge is 0.309 e. The van der Waals surface area contributed by atoms with E-state index in [9.17, 15) is 15.8 Å². The van der Waals surface area contributed by atoms with Gasteiger partial charge in [0.2, 0.25) is 0 Å². The summed E-state index contributed by atoms with van der Waals surface area (Å²) in [6.45, 7) is 0. The van der Waals surface area contributed by atoms with Crippen LogP contribution < -0.4 is 0 Å². The van der Waals surface area contributed by atoms with E-state index in [1.54, 1.807) is 0 Å². The molecule has 9 heteroatoms. The quantitative estimate of drug-likeness (QED) is 0.135. The summed E-state index contributed by atoms with van der Waals surface area (Å²) in [7, 11) is 0. The Morgan fingerprint density at radius 1 is 0.139 bits per heavy atom. The van der Waals surface area contributed by atoms with Crippen molar-refractivity contribution in [2.45, 2.75) is 0 Å². The fraction of sp³-hybridized carbons (Fsp3) is 0. The maximum atomic E-state index is 9.91. The monoisotopic (exact) mass is 1830 g/mol. The third-order valence-corrected chi connectivity index (χ3v) is 29.7. The van der Waals surface area contributed by atoms with Crippen molar-refractivity contribution < 1.29 is 0 Å². The molecule has 9 nitrogen and oxygen atoms in total. The molecular weight excluding hydrogens is 1750 g/mol. The topological polar surface area (TPSA) is 101 Å². The summed E-state index contributed by atoms with van der Waals surface area (Å²) in [5, 5.41) is 57.1. The van der Waals surface area contributed by atoms with Crippen LogP contribution in [0, 0.1) is 34.0 Å². The highest BCUT2D eigenvalue weighted by molar-refractivity contribution is 6.22. The van der Waals surface area contributed by atoms with Crippen molar-refractivity contribution in [2.24, 2.45) is 0 Å². The van der Waals surface area contributed by atoms with Crippen molar-refractivity contribution in [3.05, 3.63) is 508 Å². The van der Waals surface area contributed by atoms with Crippen molar-refractivity contribution >= 4 is 195 Å². The number of fused-ring (bicyclic) bond motifs is 27. The number of nitriles is 3. The first kappa shape index (κ1) is 82.4. The van der Waals surface area contributed by atoms with Gasteiger partial charge in [-0.15, -0.1) is 0 Å². The Morgan fingerprint density at radius 2 is 0.403 bits per heavy atom. The zero-order valence-corrected chi connectivity index (χ0v) is 77.8. The van der Waals surface area contributed by atoms with Crippen molar-refractivity contribution in [1.29, 1.82) is 15.8 Å². The van der Waals surface area contributed by atoms with Crippen LogP contribution in [0.15, 0.2) is 491 Å². The molecule has 24 aromatic carbocycles. The van der Waals surface area contributed by atoms with E-state index in [1.165, 1.54) is 180 Å². The van der Waals surface area contributed by atoms with E-state index < -0.39 is 0 Å². The predicted molar refractivity (Wildman–Crippen MR) is 601 cm³/mol. The SMILES string of the molecule is N#Cc1cc2ccc(-n3c4ccccc4c4cccc(-c5ccc6c7ccccc7n(-c7ccccc7)c6c5)c43)cc2c2ccccc12.N#Cc1ccc2c(ccc3cc(-n4c5ccccc5c5cccc(-c6ccc7c8ccccc8n(-c8ccccc8)c7c6)c54)ccc32)c1.N#Cc1ccc2c(ccc3ccc(-n4c5ccccc5c5cccc(-c6ccc7c8ccccc8n(-c8ccccc8)c7c6)c54)cc32)c1. The number of hydrogen-bond donors (Lipinski definition) is 0. The molecule has 0 radical (unpaired) electrons. The fourth-order valence-electron chi connectivity index (χ4n) is 23.4. The molecule has 6 heterocycles. The lowest BCUT2D eigenvalue weighted by molar-refractivity contribution is 1.18. The Morgan fingerprint density at radius 3 is 0.785 bits per heavy atom. The first-order valence-electron chi connectivity index (χ1n) is 48.8. The Bertz CT molecular complexity index is 10800. The summed E-state index contributed by atoms with van der Waals surface area (Å²) in [5.74, 6) is 0. The summed E-state index contributed by atoms with van der Waals surface area (Å²) in [4.78, 5) is 0. The summed E-state index contributed by atoms with van der Waals surface area (Å²) < 4.78 is 14.4. The van der Waals surface area contributed by atoms with E-state index >= 15 is 0 Å². The maximum Gasteiger partial charge on any atom is 0.0998 e. The van der Waals surface area contributed by atoms with E-state index in [1.807, 2.05) is 42.5 Å². The molecule has 666 valence electrons. The predicted octanol–water partition coefficient (Wildman–Crippen LogP) is 35.2. The van der Waals surface area contributed by atoms with Gasteiger partial charge < -0.3 is 27.4 Å². The summed E-state index contributed by atoms with van der Waals surface area (Å²) in [6.07, 6.45) is 0. The Labute approximate surface area is 826 Å². The van der Waals surface area contributed by atoms with E-state index in [4.69, 9.17) is 0 Å². The highest BCUT2D eigenvalue weighted by Crippen LogP contribution is 2.48. The van der Waals surface area contributed by atoms with Crippen LogP contribution in [0.2, 0.25) is 0 Å². The van der Waals surface area contributed by atoms with Gasteiger partial charge in [0.25, 0.3) is 0 Å². The van der Waals surface area contributed by atoms with Gasteiger partial charge in [0.05, 0.1) is 101 Å². The molecule has 0 aliphatic heterocycles. The lowest BCUT2D eigenvalue weighted by atomic mass is 9.97. The molecule has 30 aromatic rings. The van der Waals surface area contributed by atoms with Crippen molar-refractivity contribution in [1.82, 2.24) is 27.4 Å². The van der Waals surface area contributed by atoms with Crippen LogP contribution >= 0.6 is 0 Å². The molecular formula is C135H81N9. The average Bonchev–Trinajstić information content (AvgIpc) is 1.57. The van der Waals surface area contributed by atoms with Gasteiger partial charge in [-0.3, -0.25) is 0 Å². The highest BCUT2D eigenvalue weighted by Gasteiger charge is 2.26. The van der Waals surface area contributed by atoms with Crippen LogP contribution in [0.4, 0.5) is 0 Å². The van der Waals surface area contributed by atoms with Gasteiger partial charge in [-0.2, -0.15) is 15.8 Å². The number of nitrogens with zero attached hydrogens (tertiary/aromatic N) is 9. The third kappa shape index (κ3) is 13.0. The Kier molecular flexibility index (Phi) is 19.0. The molecule has 6 aromatic heterocycles. The van der Waals surface area contributed by atoms with E-state index in [0.29, 0.717) is 16.7 Å². The first-order valence-corrected chi connectivity index (χ1v) is 48.8. The number of hydrogen-bond acceptors (Lipinski definition) is 3. The van der Waals surface area contributed by atoms with Crippen LogP contribution in [-0.4, -0.2) is 27.4 Å². The molecule has 0 spiro atoms. The molecule has 0 fully saturated rings. The van der Waals surface area contributed by atoms with Crippen LogP contribution in [0.3, 0.4) is 0 Å². The van der Waals surface area contributed by atoms with Gasteiger partial charge in [-0.25, -0.2) is 0 Å². The zero-order valence-electron chi connectivity index (χ0n) is 77.8. The number of aromatic nitrogens is 6. The Balaban J connectivity index is 0.000000105. The zero-order chi connectivity index (χ0) is 95.3. The van der Waals surface area contributed by atoms with Gasteiger partial charge in [0.1, 0.15) is 0 Å².